The van der Waals surface area contributed by atoms with E-state index >= 15 is 0 Å². The Bertz CT molecular complexity index is 1010. The summed E-state index contributed by atoms with van der Waals surface area (Å²) in [6.45, 7) is 4.03. The lowest BCUT2D eigenvalue weighted by Crippen LogP contribution is -2.18. The van der Waals surface area contributed by atoms with E-state index < -0.39 is 5.91 Å². The number of aromatic hydroxyl groups is 1. The fourth-order valence-electron chi connectivity index (χ4n) is 2.77. The molecule has 0 aromatic heterocycles. The molecule has 5 nitrogen and oxygen atoms in total. The molecular weight excluding hydrogens is 364 g/mol. The van der Waals surface area contributed by atoms with E-state index in [4.69, 9.17) is 4.74 Å². The molecule has 0 unspecified atom stereocenters. The smallest absolute Gasteiger partial charge is 0.275 e. The van der Waals surface area contributed by atoms with Crippen LogP contribution in [-0.4, -0.2) is 17.2 Å². The Morgan fingerprint density at radius 2 is 1.79 bits per heavy atom. The number of carbonyl (C=O) groups excluding carboxylic acids is 1. The molecule has 2 N–H and O–H groups in total. The Kier molecular flexibility index (Phi) is 6.79. The van der Waals surface area contributed by atoms with Crippen LogP contribution in [0.3, 0.4) is 0 Å². The molecule has 0 saturated carbocycles. The Morgan fingerprint density at radius 1 is 1.03 bits per heavy atom. The van der Waals surface area contributed by atoms with Crippen molar-refractivity contribution in [1.82, 2.24) is 5.43 Å². The van der Waals surface area contributed by atoms with Crippen molar-refractivity contribution in [1.29, 1.82) is 0 Å². The standard InChI is InChI=1S/C24H22N2O3/c1-2-9-19-12-8-13-20(23(19)27)16-25-26-24(28)21-14-6-7-15-22(21)29-17-18-10-4-3-5-11-18/h2-8,10-16,27H,1,9,17H2,(H,26,28)/b25-16+. The van der Waals surface area contributed by atoms with E-state index in [1.54, 1.807) is 30.3 Å². The van der Waals surface area contributed by atoms with E-state index in [1.807, 2.05) is 48.5 Å². The van der Waals surface area contributed by atoms with Crippen LogP contribution in [0.1, 0.15) is 27.0 Å². The molecule has 0 radical (unpaired) electrons. The van der Waals surface area contributed by atoms with Crippen molar-refractivity contribution in [3.63, 3.8) is 0 Å². The lowest BCUT2D eigenvalue weighted by Gasteiger charge is -2.10. The van der Waals surface area contributed by atoms with Gasteiger partial charge in [0.25, 0.3) is 5.91 Å². The highest BCUT2D eigenvalue weighted by molar-refractivity contribution is 5.97. The molecule has 0 saturated heterocycles. The fourth-order valence-corrected chi connectivity index (χ4v) is 2.77. The van der Waals surface area contributed by atoms with Crippen LogP contribution < -0.4 is 10.2 Å². The predicted octanol–water partition coefficient (Wildman–Crippen LogP) is 4.46. The maximum atomic E-state index is 12.5. The normalized spacial score (nSPS) is 10.6. The molecule has 0 aliphatic carbocycles. The zero-order valence-corrected chi connectivity index (χ0v) is 15.9. The monoisotopic (exact) mass is 386 g/mol. The third-order valence-corrected chi connectivity index (χ3v) is 4.25. The summed E-state index contributed by atoms with van der Waals surface area (Å²) < 4.78 is 5.81. The van der Waals surface area contributed by atoms with Gasteiger partial charge in [-0.2, -0.15) is 5.10 Å². The molecule has 3 rings (SSSR count). The molecule has 146 valence electrons. The second kappa shape index (κ2) is 9.90. The minimum absolute atomic E-state index is 0.122. The van der Waals surface area contributed by atoms with Crippen molar-refractivity contribution >= 4 is 12.1 Å². The molecule has 29 heavy (non-hydrogen) atoms. The number of phenols is 1. The van der Waals surface area contributed by atoms with Crippen LogP contribution in [-0.2, 0) is 13.0 Å². The lowest BCUT2D eigenvalue weighted by atomic mass is 10.1. The molecule has 0 heterocycles. The highest BCUT2D eigenvalue weighted by Crippen LogP contribution is 2.22. The number of carbonyl (C=O) groups is 1. The quantitative estimate of drug-likeness (QED) is 0.341. The molecule has 0 bridgehead atoms. The van der Waals surface area contributed by atoms with Gasteiger partial charge >= 0.3 is 0 Å². The van der Waals surface area contributed by atoms with Crippen molar-refractivity contribution in [2.24, 2.45) is 5.10 Å². The number of rotatable bonds is 8. The number of hydrogen-bond donors (Lipinski definition) is 2. The largest absolute Gasteiger partial charge is 0.507 e. The first-order chi connectivity index (χ1) is 14.2. The number of amides is 1. The van der Waals surface area contributed by atoms with Crippen LogP contribution in [0.4, 0.5) is 0 Å². The summed E-state index contributed by atoms with van der Waals surface area (Å²) in [7, 11) is 0. The first-order valence-electron chi connectivity index (χ1n) is 9.20. The van der Waals surface area contributed by atoms with E-state index in [-0.39, 0.29) is 5.75 Å². The van der Waals surface area contributed by atoms with Gasteiger partial charge in [-0.3, -0.25) is 4.79 Å². The van der Waals surface area contributed by atoms with Gasteiger partial charge in [-0.15, -0.1) is 6.58 Å². The molecule has 3 aromatic rings. The summed E-state index contributed by atoms with van der Waals surface area (Å²) in [5.74, 6) is 0.198. The summed E-state index contributed by atoms with van der Waals surface area (Å²) in [6, 6.07) is 22.1. The average molecular weight is 386 g/mol. The third kappa shape index (κ3) is 5.32. The molecule has 5 heteroatoms. The van der Waals surface area contributed by atoms with Gasteiger partial charge in [0.05, 0.1) is 11.8 Å². The van der Waals surface area contributed by atoms with Gasteiger partial charge in [0, 0.05) is 5.56 Å². The molecular formula is C24H22N2O3. The van der Waals surface area contributed by atoms with Crippen LogP contribution in [0.2, 0.25) is 0 Å². The summed E-state index contributed by atoms with van der Waals surface area (Å²) in [4.78, 5) is 12.5. The van der Waals surface area contributed by atoms with Gasteiger partial charge in [-0.1, -0.05) is 60.7 Å². The average Bonchev–Trinajstić information content (AvgIpc) is 2.76. The van der Waals surface area contributed by atoms with E-state index in [1.165, 1.54) is 6.21 Å². The molecule has 0 fully saturated rings. The first-order valence-corrected chi connectivity index (χ1v) is 9.20. The number of ether oxygens (including phenoxy) is 1. The number of hydrazone groups is 1. The van der Waals surface area contributed by atoms with Crippen molar-refractivity contribution < 1.29 is 14.6 Å². The number of allylic oxidation sites excluding steroid dienone is 1. The highest BCUT2D eigenvalue weighted by Gasteiger charge is 2.12. The third-order valence-electron chi connectivity index (χ3n) is 4.25. The Labute approximate surface area is 170 Å². The molecule has 1 amide bonds. The summed E-state index contributed by atoms with van der Waals surface area (Å²) in [5, 5.41) is 14.2. The number of nitrogens with zero attached hydrogens (tertiary/aromatic N) is 1. The van der Waals surface area contributed by atoms with Crippen molar-refractivity contribution in [2.75, 3.05) is 0 Å². The topological polar surface area (TPSA) is 70.9 Å². The van der Waals surface area contributed by atoms with Gasteiger partial charge in [-0.25, -0.2) is 5.43 Å². The second-order valence-electron chi connectivity index (χ2n) is 6.32. The van der Waals surface area contributed by atoms with Crippen molar-refractivity contribution in [2.45, 2.75) is 13.0 Å². The Balaban J connectivity index is 1.68. The first kappa shape index (κ1) is 19.9. The van der Waals surface area contributed by atoms with Crippen LogP contribution in [0, 0.1) is 0 Å². The summed E-state index contributed by atoms with van der Waals surface area (Å²) in [5.41, 5.74) is 5.13. The van der Waals surface area contributed by atoms with E-state index in [0.29, 0.717) is 29.9 Å². The van der Waals surface area contributed by atoms with Gasteiger partial charge in [0.15, 0.2) is 0 Å². The minimum Gasteiger partial charge on any atom is -0.507 e. The van der Waals surface area contributed by atoms with Gasteiger partial charge in [-0.05, 0) is 35.7 Å². The number of nitrogens with one attached hydrogen (secondary N) is 1. The predicted molar refractivity (Wildman–Crippen MR) is 114 cm³/mol. The summed E-state index contributed by atoms with van der Waals surface area (Å²) in [6.07, 6.45) is 3.67. The van der Waals surface area contributed by atoms with Gasteiger partial charge < -0.3 is 9.84 Å². The van der Waals surface area contributed by atoms with Gasteiger partial charge in [0.1, 0.15) is 18.1 Å². The molecule has 0 atom stereocenters. The van der Waals surface area contributed by atoms with Crippen LogP contribution in [0.25, 0.3) is 0 Å². The number of para-hydroxylation sites is 2. The number of benzene rings is 3. The maximum Gasteiger partial charge on any atom is 0.275 e. The minimum atomic E-state index is -0.397. The fraction of sp³-hybridized carbons (Fsp3) is 0.0833. The zero-order valence-electron chi connectivity index (χ0n) is 15.9. The van der Waals surface area contributed by atoms with Crippen LogP contribution in [0.15, 0.2) is 90.6 Å². The second-order valence-corrected chi connectivity index (χ2v) is 6.32. The van der Waals surface area contributed by atoms with Crippen LogP contribution in [0.5, 0.6) is 11.5 Å². The van der Waals surface area contributed by atoms with E-state index in [2.05, 4.69) is 17.1 Å². The van der Waals surface area contributed by atoms with E-state index in [0.717, 1.165) is 11.1 Å². The van der Waals surface area contributed by atoms with Crippen molar-refractivity contribution in [3.05, 3.63) is 108 Å². The Morgan fingerprint density at radius 3 is 2.59 bits per heavy atom. The van der Waals surface area contributed by atoms with Gasteiger partial charge in [0.2, 0.25) is 0 Å². The Hall–Kier alpha value is -3.86. The maximum absolute atomic E-state index is 12.5. The molecule has 0 aliphatic rings. The number of phenolic OH excluding ortho intramolecular Hbond substituents is 1. The van der Waals surface area contributed by atoms with Crippen LogP contribution >= 0.6 is 0 Å². The number of hydrogen-bond acceptors (Lipinski definition) is 4. The highest BCUT2D eigenvalue weighted by atomic mass is 16.5. The zero-order chi connectivity index (χ0) is 20.5. The molecule has 3 aromatic carbocycles. The summed E-state index contributed by atoms with van der Waals surface area (Å²) >= 11 is 0. The molecule has 0 aliphatic heterocycles. The van der Waals surface area contributed by atoms with E-state index in [9.17, 15) is 9.90 Å². The van der Waals surface area contributed by atoms with Crippen molar-refractivity contribution in [3.8, 4) is 11.5 Å². The SMILES string of the molecule is C=CCc1cccc(/C=N/NC(=O)c2ccccc2OCc2ccccc2)c1O. The lowest BCUT2D eigenvalue weighted by molar-refractivity contribution is 0.0950. The molecule has 0 spiro atoms.